The fraction of sp³-hybridized carbons (Fsp3) is 0.0667. The van der Waals surface area contributed by atoms with E-state index in [9.17, 15) is 9.59 Å². The van der Waals surface area contributed by atoms with Crippen LogP contribution in [0.2, 0.25) is 0 Å². The van der Waals surface area contributed by atoms with Gasteiger partial charge in [0.2, 0.25) is 11.8 Å². The quantitative estimate of drug-likeness (QED) is 0.141. The number of hydrogen-bond acceptors (Lipinski definition) is 4. The normalized spacial score (nSPS) is 13.6. The average molecular weight is 656 g/mol. The summed E-state index contributed by atoms with van der Waals surface area (Å²) in [6, 6.07) is 19.4. The SMILES string of the molecule is O=C1Cc2c([nH]c3ccc(Br)cc23)-c2ncccc2N1.O=C1Cc2c([nH]c3ccc(Br)cc23)-c2ncccc2N1. The first kappa shape index (κ1) is 24.7. The molecule has 0 aliphatic carbocycles. The fourth-order valence-electron chi connectivity index (χ4n) is 5.33. The number of nitrogens with zero attached hydrogens (tertiary/aromatic N) is 2. The van der Waals surface area contributed by atoms with Crippen molar-refractivity contribution < 1.29 is 9.59 Å². The van der Waals surface area contributed by atoms with E-state index < -0.39 is 0 Å². The summed E-state index contributed by atoms with van der Waals surface area (Å²) in [5.41, 5.74) is 8.96. The molecule has 0 saturated heterocycles. The van der Waals surface area contributed by atoms with Crippen LogP contribution < -0.4 is 10.6 Å². The molecule has 4 aromatic heterocycles. The van der Waals surface area contributed by atoms with Crippen LogP contribution in [0.5, 0.6) is 0 Å². The molecular formula is C30H20Br2N6O2. The molecule has 2 aliphatic rings. The third kappa shape index (κ3) is 4.29. The lowest BCUT2D eigenvalue weighted by atomic mass is 10.1. The van der Waals surface area contributed by atoms with Crippen LogP contribution in [-0.4, -0.2) is 31.8 Å². The Morgan fingerprint density at radius 2 is 1.07 bits per heavy atom. The van der Waals surface area contributed by atoms with Gasteiger partial charge in [0.05, 0.1) is 35.6 Å². The Morgan fingerprint density at radius 1 is 0.625 bits per heavy atom. The summed E-state index contributed by atoms with van der Waals surface area (Å²) in [4.78, 5) is 39.7. The van der Waals surface area contributed by atoms with Crippen LogP contribution in [0.25, 0.3) is 44.6 Å². The van der Waals surface area contributed by atoms with Crippen molar-refractivity contribution >= 4 is 76.9 Å². The minimum Gasteiger partial charge on any atom is -0.353 e. The van der Waals surface area contributed by atoms with Gasteiger partial charge < -0.3 is 20.6 Å². The van der Waals surface area contributed by atoms with Crippen molar-refractivity contribution in [3.63, 3.8) is 0 Å². The average Bonchev–Trinajstić information content (AvgIpc) is 3.37. The molecule has 40 heavy (non-hydrogen) atoms. The largest absolute Gasteiger partial charge is 0.353 e. The number of anilines is 2. The van der Waals surface area contributed by atoms with Crippen LogP contribution in [0, 0.1) is 0 Å². The molecule has 0 unspecified atom stereocenters. The third-order valence-electron chi connectivity index (χ3n) is 7.05. The Bertz CT molecular complexity index is 1850. The molecule has 196 valence electrons. The summed E-state index contributed by atoms with van der Waals surface area (Å²) >= 11 is 6.96. The van der Waals surface area contributed by atoms with Gasteiger partial charge in [-0.15, -0.1) is 0 Å². The van der Waals surface area contributed by atoms with Crippen molar-refractivity contribution in [2.24, 2.45) is 0 Å². The van der Waals surface area contributed by atoms with Gasteiger partial charge in [-0.1, -0.05) is 31.9 Å². The first-order valence-corrected chi connectivity index (χ1v) is 14.1. The topological polar surface area (TPSA) is 116 Å². The second-order valence-corrected chi connectivity index (χ2v) is 11.4. The highest BCUT2D eigenvalue weighted by molar-refractivity contribution is 9.10. The number of carbonyl (C=O) groups excluding carboxylic acids is 2. The first-order chi connectivity index (χ1) is 19.4. The maximum atomic E-state index is 12.1. The van der Waals surface area contributed by atoms with E-state index in [2.05, 4.69) is 62.4 Å². The maximum absolute atomic E-state index is 12.1. The molecule has 6 heterocycles. The van der Waals surface area contributed by atoms with Crippen molar-refractivity contribution in [3.8, 4) is 22.8 Å². The zero-order valence-electron chi connectivity index (χ0n) is 20.8. The number of H-pyrrole nitrogens is 2. The van der Waals surface area contributed by atoms with Crippen molar-refractivity contribution in [1.29, 1.82) is 0 Å². The molecule has 6 aromatic rings. The molecule has 2 amide bonds. The molecule has 0 spiro atoms. The number of nitrogens with one attached hydrogen (secondary N) is 4. The smallest absolute Gasteiger partial charge is 0.228 e. The first-order valence-electron chi connectivity index (χ1n) is 12.6. The monoisotopic (exact) mass is 654 g/mol. The Kier molecular flexibility index (Phi) is 6.01. The van der Waals surface area contributed by atoms with Crippen LogP contribution in [-0.2, 0) is 22.4 Å². The Hall–Kier alpha value is -4.28. The highest BCUT2D eigenvalue weighted by Crippen LogP contribution is 2.38. The minimum absolute atomic E-state index is 0.0149. The van der Waals surface area contributed by atoms with Gasteiger partial charge in [-0.05, 0) is 71.8 Å². The molecule has 10 heteroatoms. The maximum Gasteiger partial charge on any atom is 0.228 e. The lowest BCUT2D eigenvalue weighted by Crippen LogP contribution is -2.12. The second kappa shape index (κ2) is 9.72. The van der Waals surface area contributed by atoms with Crippen LogP contribution in [0.15, 0.2) is 82.0 Å². The van der Waals surface area contributed by atoms with E-state index in [0.29, 0.717) is 12.8 Å². The number of halogens is 2. The lowest BCUT2D eigenvalue weighted by Gasteiger charge is -2.04. The van der Waals surface area contributed by atoms with Gasteiger partial charge in [-0.25, -0.2) is 0 Å². The molecule has 2 aromatic carbocycles. The summed E-state index contributed by atoms with van der Waals surface area (Å²) in [6.07, 6.45) is 4.17. The number of carbonyl (C=O) groups is 2. The summed E-state index contributed by atoms with van der Waals surface area (Å²) < 4.78 is 2.00. The Morgan fingerprint density at radius 3 is 1.52 bits per heavy atom. The van der Waals surface area contributed by atoms with Crippen LogP contribution >= 0.6 is 31.9 Å². The Labute approximate surface area is 244 Å². The molecule has 2 aliphatic heterocycles. The summed E-state index contributed by atoms with van der Waals surface area (Å²) in [6.45, 7) is 0. The molecule has 4 N–H and O–H groups in total. The van der Waals surface area contributed by atoms with E-state index in [1.165, 1.54) is 0 Å². The summed E-state index contributed by atoms with van der Waals surface area (Å²) in [5, 5.41) is 7.92. The number of pyridine rings is 2. The van der Waals surface area contributed by atoms with E-state index in [-0.39, 0.29) is 11.8 Å². The molecule has 0 atom stereocenters. The highest BCUT2D eigenvalue weighted by Gasteiger charge is 2.24. The van der Waals surface area contributed by atoms with Crippen molar-refractivity contribution in [2.45, 2.75) is 12.8 Å². The van der Waals surface area contributed by atoms with Gasteiger partial charge in [0.1, 0.15) is 11.4 Å². The number of aromatic nitrogens is 4. The van der Waals surface area contributed by atoms with Crippen molar-refractivity contribution in [1.82, 2.24) is 19.9 Å². The molecule has 0 radical (unpaired) electrons. The van der Waals surface area contributed by atoms with Gasteiger partial charge in [-0.2, -0.15) is 0 Å². The number of aromatic amines is 2. The fourth-order valence-corrected chi connectivity index (χ4v) is 6.05. The number of amides is 2. The molecule has 0 bridgehead atoms. The predicted molar refractivity (Wildman–Crippen MR) is 163 cm³/mol. The van der Waals surface area contributed by atoms with E-state index in [1.807, 2.05) is 60.7 Å². The van der Waals surface area contributed by atoms with Gasteiger partial charge >= 0.3 is 0 Å². The minimum atomic E-state index is -0.0149. The van der Waals surface area contributed by atoms with Crippen LogP contribution in [0.3, 0.4) is 0 Å². The highest BCUT2D eigenvalue weighted by atomic mass is 79.9. The van der Waals surface area contributed by atoms with E-state index >= 15 is 0 Å². The van der Waals surface area contributed by atoms with Gasteiger partial charge in [0.25, 0.3) is 0 Å². The zero-order valence-corrected chi connectivity index (χ0v) is 24.0. The number of hydrogen-bond donors (Lipinski definition) is 4. The molecular weight excluding hydrogens is 636 g/mol. The molecule has 0 saturated carbocycles. The van der Waals surface area contributed by atoms with Crippen LogP contribution in [0.4, 0.5) is 11.4 Å². The van der Waals surface area contributed by atoms with Gasteiger partial charge in [0.15, 0.2) is 0 Å². The molecule has 8 rings (SSSR count). The molecule has 8 nitrogen and oxygen atoms in total. The Balaban J connectivity index is 0.000000132. The number of fused-ring (bicyclic) bond motifs is 10. The standard InChI is InChI=1S/2C15H10BrN3O/c2*16-8-3-4-11-9(6-8)10-7-13(20)18-12-2-1-5-17-15(12)14(10)19-11/h2*1-6,19H,7H2,(H,18,20). The lowest BCUT2D eigenvalue weighted by molar-refractivity contribution is -0.116. The van der Waals surface area contributed by atoms with Crippen molar-refractivity contribution in [3.05, 3.63) is 93.1 Å². The van der Waals surface area contributed by atoms with E-state index in [1.54, 1.807) is 12.4 Å². The van der Waals surface area contributed by atoms with Gasteiger partial charge in [-0.3, -0.25) is 19.6 Å². The molecule has 0 fully saturated rings. The zero-order chi connectivity index (χ0) is 27.4. The summed E-state index contributed by atoms with van der Waals surface area (Å²) in [7, 11) is 0. The second-order valence-electron chi connectivity index (χ2n) is 9.59. The van der Waals surface area contributed by atoms with Gasteiger partial charge in [0, 0.05) is 43.1 Å². The van der Waals surface area contributed by atoms with E-state index in [0.717, 1.165) is 76.0 Å². The van der Waals surface area contributed by atoms with Crippen molar-refractivity contribution in [2.75, 3.05) is 10.6 Å². The summed E-state index contributed by atoms with van der Waals surface area (Å²) in [5.74, 6) is -0.0299. The predicted octanol–water partition coefficient (Wildman–Crippen LogP) is 6.97. The van der Waals surface area contributed by atoms with E-state index in [4.69, 9.17) is 0 Å². The van der Waals surface area contributed by atoms with Crippen LogP contribution in [0.1, 0.15) is 11.1 Å². The number of rotatable bonds is 0. The third-order valence-corrected chi connectivity index (χ3v) is 8.03. The number of benzene rings is 2.